The molecule has 0 aliphatic carbocycles. The summed E-state index contributed by atoms with van der Waals surface area (Å²) in [5.74, 6) is -2.08. The first-order chi connectivity index (χ1) is 13.3. The molecule has 1 fully saturated rings. The van der Waals surface area contributed by atoms with Crippen molar-refractivity contribution in [1.82, 2.24) is 0 Å². The molecule has 142 valence electrons. The number of hydrogen-bond donors (Lipinski definition) is 0. The lowest BCUT2D eigenvalue weighted by atomic mass is 9.94. The number of amides is 2. The standard InChI is InChI=1S/C18H11Cl2N3O5/c1-8-6-10(23(26)27)3-5-13(8)22-17(24)14-15(21-28-16(14)18(22)25)11-4-2-9(19)7-12(11)20/h2-7,14,16H,1H3/t14-,16-/m1/s1. The highest BCUT2D eigenvalue weighted by Crippen LogP contribution is 2.38. The molecule has 0 aromatic heterocycles. The minimum absolute atomic E-state index is 0.132. The van der Waals surface area contributed by atoms with Crippen LogP contribution >= 0.6 is 23.2 Å². The molecule has 2 atom stereocenters. The van der Waals surface area contributed by atoms with Crippen LogP contribution in [0.2, 0.25) is 10.0 Å². The summed E-state index contributed by atoms with van der Waals surface area (Å²) in [4.78, 5) is 42.5. The summed E-state index contributed by atoms with van der Waals surface area (Å²) in [7, 11) is 0. The predicted octanol–water partition coefficient (Wildman–Crippen LogP) is 3.50. The van der Waals surface area contributed by atoms with Gasteiger partial charge in [0.1, 0.15) is 11.6 Å². The SMILES string of the molecule is Cc1cc([N+](=O)[O-])ccc1N1C(=O)[C@@H]2C(c3ccc(Cl)cc3Cl)=NO[C@H]2C1=O. The Bertz CT molecular complexity index is 1080. The molecule has 2 amide bonds. The highest BCUT2D eigenvalue weighted by atomic mass is 35.5. The van der Waals surface area contributed by atoms with E-state index in [-0.39, 0.29) is 22.1 Å². The van der Waals surface area contributed by atoms with Gasteiger partial charge in [-0.2, -0.15) is 0 Å². The van der Waals surface area contributed by atoms with Gasteiger partial charge < -0.3 is 4.84 Å². The Balaban J connectivity index is 1.72. The van der Waals surface area contributed by atoms with E-state index in [1.165, 1.54) is 24.3 Å². The van der Waals surface area contributed by atoms with Crippen LogP contribution in [0, 0.1) is 23.0 Å². The number of rotatable bonds is 3. The van der Waals surface area contributed by atoms with Crippen LogP contribution in [0.4, 0.5) is 11.4 Å². The van der Waals surface area contributed by atoms with Crippen molar-refractivity contribution in [3.05, 3.63) is 67.7 Å². The molecule has 10 heteroatoms. The fraction of sp³-hybridized carbons (Fsp3) is 0.167. The second-order valence-corrected chi connectivity index (χ2v) is 7.19. The lowest BCUT2D eigenvalue weighted by Crippen LogP contribution is -2.33. The zero-order valence-corrected chi connectivity index (χ0v) is 15.8. The van der Waals surface area contributed by atoms with Gasteiger partial charge in [-0.25, -0.2) is 4.90 Å². The Morgan fingerprint density at radius 3 is 2.54 bits per heavy atom. The second-order valence-electron chi connectivity index (χ2n) is 6.34. The van der Waals surface area contributed by atoms with E-state index in [1.807, 2.05) is 0 Å². The van der Waals surface area contributed by atoms with E-state index in [0.29, 0.717) is 16.1 Å². The number of carbonyl (C=O) groups excluding carboxylic acids is 2. The number of non-ortho nitro benzene ring substituents is 1. The normalized spacial score (nSPS) is 20.8. The Kier molecular flexibility index (Phi) is 4.32. The quantitative estimate of drug-likeness (QED) is 0.430. The first kappa shape index (κ1) is 18.4. The summed E-state index contributed by atoms with van der Waals surface area (Å²) in [5, 5.41) is 15.5. The number of anilines is 1. The third-order valence-corrected chi connectivity index (χ3v) is 5.20. The van der Waals surface area contributed by atoms with E-state index < -0.39 is 28.8 Å². The van der Waals surface area contributed by atoms with Crippen molar-refractivity contribution in [2.75, 3.05) is 4.90 Å². The highest BCUT2D eigenvalue weighted by Gasteiger charge is 2.56. The molecule has 2 heterocycles. The number of hydrogen-bond acceptors (Lipinski definition) is 6. The molecular weight excluding hydrogens is 409 g/mol. The van der Waals surface area contributed by atoms with E-state index in [4.69, 9.17) is 28.0 Å². The van der Waals surface area contributed by atoms with Gasteiger partial charge in [0, 0.05) is 22.7 Å². The van der Waals surface area contributed by atoms with E-state index in [1.54, 1.807) is 19.1 Å². The van der Waals surface area contributed by atoms with Crippen LogP contribution in [0.3, 0.4) is 0 Å². The molecular formula is C18H11Cl2N3O5. The highest BCUT2D eigenvalue weighted by molar-refractivity contribution is 6.39. The van der Waals surface area contributed by atoms with Crippen molar-refractivity contribution in [2.45, 2.75) is 13.0 Å². The van der Waals surface area contributed by atoms with E-state index >= 15 is 0 Å². The van der Waals surface area contributed by atoms with Crippen LogP contribution in [0.1, 0.15) is 11.1 Å². The van der Waals surface area contributed by atoms with Crippen LogP contribution < -0.4 is 4.90 Å². The largest absolute Gasteiger partial charge is 0.381 e. The van der Waals surface area contributed by atoms with Crippen LogP contribution in [0.5, 0.6) is 0 Å². The van der Waals surface area contributed by atoms with Gasteiger partial charge in [0.2, 0.25) is 12.0 Å². The number of nitro benzene ring substituents is 1. The van der Waals surface area contributed by atoms with Crippen molar-refractivity contribution >= 4 is 52.1 Å². The fourth-order valence-electron chi connectivity index (χ4n) is 3.34. The lowest BCUT2D eigenvalue weighted by Gasteiger charge is -2.17. The fourth-order valence-corrected chi connectivity index (χ4v) is 3.84. The number of nitro groups is 1. The number of aryl methyl sites for hydroxylation is 1. The van der Waals surface area contributed by atoms with Crippen LogP contribution in [0.15, 0.2) is 41.6 Å². The molecule has 28 heavy (non-hydrogen) atoms. The van der Waals surface area contributed by atoms with Crippen molar-refractivity contribution in [2.24, 2.45) is 11.1 Å². The summed E-state index contributed by atoms with van der Waals surface area (Å²) >= 11 is 12.1. The van der Waals surface area contributed by atoms with E-state index in [2.05, 4.69) is 5.16 Å². The molecule has 8 nitrogen and oxygen atoms in total. The van der Waals surface area contributed by atoms with Gasteiger partial charge in [-0.1, -0.05) is 34.4 Å². The average Bonchev–Trinajstić information content (AvgIpc) is 3.16. The van der Waals surface area contributed by atoms with Crippen molar-refractivity contribution in [3.8, 4) is 0 Å². The van der Waals surface area contributed by atoms with Gasteiger partial charge in [-0.15, -0.1) is 0 Å². The predicted molar refractivity (Wildman–Crippen MR) is 102 cm³/mol. The minimum atomic E-state index is -1.11. The average molecular weight is 420 g/mol. The Morgan fingerprint density at radius 2 is 1.89 bits per heavy atom. The maximum Gasteiger partial charge on any atom is 0.278 e. The van der Waals surface area contributed by atoms with Crippen LogP contribution in [-0.2, 0) is 14.4 Å². The first-order valence-corrected chi connectivity index (χ1v) is 8.87. The van der Waals surface area contributed by atoms with Crippen LogP contribution in [-0.4, -0.2) is 28.6 Å². The number of carbonyl (C=O) groups is 2. The lowest BCUT2D eigenvalue weighted by molar-refractivity contribution is -0.384. The number of benzene rings is 2. The summed E-state index contributed by atoms with van der Waals surface area (Å²) in [6.45, 7) is 1.59. The van der Waals surface area contributed by atoms with Gasteiger partial charge in [-0.05, 0) is 30.7 Å². The Morgan fingerprint density at radius 1 is 1.14 bits per heavy atom. The maximum atomic E-state index is 13.1. The van der Waals surface area contributed by atoms with Gasteiger partial charge in [0.05, 0.1) is 15.6 Å². The zero-order valence-electron chi connectivity index (χ0n) is 14.3. The summed E-state index contributed by atoms with van der Waals surface area (Å²) in [6, 6.07) is 8.62. The topological polar surface area (TPSA) is 102 Å². The second kappa shape index (κ2) is 6.57. The first-order valence-electron chi connectivity index (χ1n) is 8.11. The summed E-state index contributed by atoms with van der Waals surface area (Å²) < 4.78 is 0. The Hall–Kier alpha value is -2.97. The molecule has 0 saturated carbocycles. The number of imide groups is 1. The number of nitrogens with zero attached hydrogens (tertiary/aromatic N) is 3. The van der Waals surface area contributed by atoms with Crippen LogP contribution in [0.25, 0.3) is 0 Å². The van der Waals surface area contributed by atoms with E-state index in [0.717, 1.165) is 4.90 Å². The molecule has 0 N–H and O–H groups in total. The maximum absolute atomic E-state index is 13.1. The smallest absolute Gasteiger partial charge is 0.278 e. The Labute approximate surface area is 168 Å². The third kappa shape index (κ3) is 2.73. The third-order valence-electron chi connectivity index (χ3n) is 4.65. The molecule has 2 aromatic rings. The molecule has 1 saturated heterocycles. The molecule has 2 aliphatic heterocycles. The summed E-state index contributed by atoms with van der Waals surface area (Å²) in [5.41, 5.74) is 1.24. The molecule has 0 unspecified atom stereocenters. The molecule has 0 spiro atoms. The zero-order chi connectivity index (χ0) is 20.2. The molecule has 2 aromatic carbocycles. The van der Waals surface area contributed by atoms with Gasteiger partial charge in [-0.3, -0.25) is 19.7 Å². The number of halogens is 2. The summed E-state index contributed by atoms with van der Waals surface area (Å²) in [6.07, 6.45) is -1.11. The monoisotopic (exact) mass is 419 g/mol. The minimum Gasteiger partial charge on any atom is -0.381 e. The van der Waals surface area contributed by atoms with Gasteiger partial charge in [0.15, 0.2) is 0 Å². The van der Waals surface area contributed by atoms with Crippen molar-refractivity contribution in [3.63, 3.8) is 0 Å². The van der Waals surface area contributed by atoms with E-state index in [9.17, 15) is 19.7 Å². The molecule has 4 rings (SSSR count). The molecule has 0 radical (unpaired) electrons. The molecule has 0 bridgehead atoms. The van der Waals surface area contributed by atoms with Gasteiger partial charge >= 0.3 is 0 Å². The van der Waals surface area contributed by atoms with Crippen molar-refractivity contribution in [1.29, 1.82) is 0 Å². The number of oxime groups is 1. The number of fused-ring (bicyclic) bond motifs is 1. The molecule has 2 aliphatic rings. The van der Waals surface area contributed by atoms with Gasteiger partial charge in [0.25, 0.3) is 11.6 Å². The van der Waals surface area contributed by atoms with Crippen molar-refractivity contribution < 1.29 is 19.3 Å².